The lowest BCUT2D eigenvalue weighted by atomic mass is 9.93. The zero-order valence-electron chi connectivity index (χ0n) is 13.2. The Kier molecular flexibility index (Phi) is 4.86. The third kappa shape index (κ3) is 4.28. The Morgan fingerprint density at radius 2 is 1.91 bits per heavy atom. The molecule has 0 bridgehead atoms. The van der Waals surface area contributed by atoms with Gasteiger partial charge in [-0.05, 0) is 30.4 Å². The van der Waals surface area contributed by atoms with E-state index in [2.05, 4.69) is 22.0 Å². The monoisotopic (exact) mass is 310 g/mol. The summed E-state index contributed by atoms with van der Waals surface area (Å²) in [5.74, 6) is 2.03. The fourth-order valence-corrected chi connectivity index (χ4v) is 3.08. The van der Waals surface area contributed by atoms with Crippen molar-refractivity contribution in [2.75, 3.05) is 18.0 Å². The molecular weight excluding hydrogens is 288 g/mol. The van der Waals surface area contributed by atoms with Gasteiger partial charge in [0.25, 0.3) is 0 Å². The summed E-state index contributed by atoms with van der Waals surface area (Å²) in [7, 11) is 0. The molecule has 1 aromatic carbocycles. The van der Waals surface area contributed by atoms with E-state index in [-0.39, 0.29) is 5.91 Å². The van der Waals surface area contributed by atoms with Crippen molar-refractivity contribution in [3.8, 4) is 0 Å². The lowest BCUT2D eigenvalue weighted by Gasteiger charge is -2.32. The van der Waals surface area contributed by atoms with Crippen LogP contribution in [0.25, 0.3) is 0 Å². The number of rotatable bonds is 5. The third-order valence-electron chi connectivity index (χ3n) is 4.32. The van der Waals surface area contributed by atoms with E-state index >= 15 is 0 Å². The van der Waals surface area contributed by atoms with Crippen molar-refractivity contribution >= 4 is 11.7 Å². The van der Waals surface area contributed by atoms with Gasteiger partial charge in [-0.25, -0.2) is 9.97 Å². The summed E-state index contributed by atoms with van der Waals surface area (Å²) in [5, 5.41) is 0. The molecule has 0 aliphatic carbocycles. The number of aromatic nitrogens is 2. The maximum Gasteiger partial charge on any atom is 0.217 e. The fourth-order valence-electron chi connectivity index (χ4n) is 3.08. The Labute approximate surface area is 136 Å². The number of anilines is 1. The number of carbonyl (C=O) groups excluding carboxylic acids is 1. The van der Waals surface area contributed by atoms with Gasteiger partial charge in [0.05, 0.1) is 0 Å². The predicted molar refractivity (Wildman–Crippen MR) is 90.0 cm³/mol. The highest BCUT2D eigenvalue weighted by Gasteiger charge is 2.21. The Morgan fingerprint density at radius 3 is 2.61 bits per heavy atom. The molecule has 23 heavy (non-hydrogen) atoms. The molecule has 0 unspecified atom stereocenters. The molecule has 0 spiro atoms. The van der Waals surface area contributed by atoms with Crippen molar-refractivity contribution in [3.05, 3.63) is 54.0 Å². The Hall–Kier alpha value is -2.43. The summed E-state index contributed by atoms with van der Waals surface area (Å²) in [5.41, 5.74) is 6.50. The van der Waals surface area contributed by atoms with Crippen molar-refractivity contribution in [2.45, 2.75) is 25.7 Å². The van der Waals surface area contributed by atoms with Crippen molar-refractivity contribution in [1.82, 2.24) is 9.97 Å². The molecule has 2 N–H and O–H groups in total. The van der Waals surface area contributed by atoms with Crippen LogP contribution in [-0.2, 0) is 11.2 Å². The van der Waals surface area contributed by atoms with Crippen LogP contribution in [0.5, 0.6) is 0 Å². The van der Waals surface area contributed by atoms with Gasteiger partial charge in [-0.3, -0.25) is 4.79 Å². The zero-order valence-corrected chi connectivity index (χ0v) is 13.2. The summed E-state index contributed by atoms with van der Waals surface area (Å²) >= 11 is 0. The van der Waals surface area contributed by atoms with Crippen LogP contribution in [-0.4, -0.2) is 29.0 Å². The first kappa shape index (κ1) is 15.5. The van der Waals surface area contributed by atoms with Gasteiger partial charge in [0.1, 0.15) is 11.6 Å². The fraction of sp³-hybridized carbons (Fsp3) is 0.389. The minimum Gasteiger partial charge on any atom is -0.370 e. The van der Waals surface area contributed by atoms with Gasteiger partial charge >= 0.3 is 0 Å². The SMILES string of the molecule is NC(=O)CC1CCN(c2ccnc(Cc3ccccc3)n2)CC1. The molecule has 0 atom stereocenters. The van der Waals surface area contributed by atoms with Crippen LogP contribution in [0.1, 0.15) is 30.7 Å². The third-order valence-corrected chi connectivity index (χ3v) is 4.32. The van der Waals surface area contributed by atoms with Crippen molar-refractivity contribution < 1.29 is 4.79 Å². The normalized spacial score (nSPS) is 15.6. The Bertz CT molecular complexity index is 651. The van der Waals surface area contributed by atoms with E-state index in [0.29, 0.717) is 12.3 Å². The largest absolute Gasteiger partial charge is 0.370 e. The summed E-state index contributed by atoms with van der Waals surface area (Å²) in [6.07, 6.45) is 5.04. The molecule has 1 aliphatic rings. The first-order valence-corrected chi connectivity index (χ1v) is 8.10. The van der Waals surface area contributed by atoms with E-state index in [4.69, 9.17) is 10.7 Å². The van der Waals surface area contributed by atoms with Gasteiger partial charge in [-0.2, -0.15) is 0 Å². The number of piperidine rings is 1. The van der Waals surface area contributed by atoms with E-state index in [9.17, 15) is 4.79 Å². The second-order valence-corrected chi connectivity index (χ2v) is 6.09. The minimum atomic E-state index is -0.198. The standard InChI is InChI=1S/C18H22N4O/c19-16(23)12-15-7-10-22(11-8-15)18-6-9-20-17(21-18)13-14-4-2-1-3-5-14/h1-6,9,15H,7-8,10-13H2,(H2,19,23). The quantitative estimate of drug-likeness (QED) is 0.918. The van der Waals surface area contributed by atoms with Crippen LogP contribution in [0.4, 0.5) is 5.82 Å². The maximum absolute atomic E-state index is 11.0. The molecule has 5 nitrogen and oxygen atoms in total. The summed E-state index contributed by atoms with van der Waals surface area (Å²) in [6.45, 7) is 1.83. The van der Waals surface area contributed by atoms with Gasteiger partial charge in [-0.1, -0.05) is 30.3 Å². The number of nitrogens with two attached hydrogens (primary N) is 1. The molecule has 5 heteroatoms. The highest BCUT2D eigenvalue weighted by atomic mass is 16.1. The summed E-state index contributed by atoms with van der Waals surface area (Å²) in [4.78, 5) is 22.4. The second-order valence-electron chi connectivity index (χ2n) is 6.09. The van der Waals surface area contributed by atoms with Crippen LogP contribution >= 0.6 is 0 Å². The number of benzene rings is 1. The highest BCUT2D eigenvalue weighted by molar-refractivity contribution is 5.74. The molecule has 3 rings (SSSR count). The number of amides is 1. The number of nitrogens with zero attached hydrogens (tertiary/aromatic N) is 3. The van der Waals surface area contributed by atoms with Gasteiger partial charge in [0, 0.05) is 32.1 Å². The minimum absolute atomic E-state index is 0.198. The zero-order chi connectivity index (χ0) is 16.1. The van der Waals surface area contributed by atoms with Crippen LogP contribution in [0.2, 0.25) is 0 Å². The van der Waals surface area contributed by atoms with Gasteiger partial charge in [0.2, 0.25) is 5.91 Å². The predicted octanol–water partition coefficient (Wildman–Crippen LogP) is 2.16. The van der Waals surface area contributed by atoms with Crippen molar-refractivity contribution in [1.29, 1.82) is 0 Å². The number of primary amides is 1. The smallest absolute Gasteiger partial charge is 0.217 e. The van der Waals surface area contributed by atoms with Crippen molar-refractivity contribution in [3.63, 3.8) is 0 Å². The average molecular weight is 310 g/mol. The molecular formula is C18H22N4O. The molecule has 1 fully saturated rings. The van der Waals surface area contributed by atoms with Crippen LogP contribution in [0.3, 0.4) is 0 Å². The average Bonchev–Trinajstić information content (AvgIpc) is 2.56. The Balaban J connectivity index is 1.63. The molecule has 2 aromatic rings. The van der Waals surface area contributed by atoms with Crippen LogP contribution in [0.15, 0.2) is 42.6 Å². The maximum atomic E-state index is 11.0. The van der Waals surface area contributed by atoms with E-state index in [1.807, 2.05) is 30.5 Å². The van der Waals surface area contributed by atoms with Crippen LogP contribution < -0.4 is 10.6 Å². The molecule has 1 saturated heterocycles. The molecule has 0 saturated carbocycles. The lowest BCUT2D eigenvalue weighted by molar-refractivity contribution is -0.119. The second kappa shape index (κ2) is 7.22. The van der Waals surface area contributed by atoms with E-state index < -0.39 is 0 Å². The molecule has 1 aliphatic heterocycles. The number of hydrogen-bond acceptors (Lipinski definition) is 4. The van der Waals surface area contributed by atoms with Gasteiger partial charge in [-0.15, -0.1) is 0 Å². The van der Waals surface area contributed by atoms with E-state index in [0.717, 1.165) is 44.0 Å². The molecule has 1 amide bonds. The molecule has 120 valence electrons. The molecule has 1 aromatic heterocycles. The van der Waals surface area contributed by atoms with E-state index in [1.165, 1.54) is 5.56 Å². The van der Waals surface area contributed by atoms with Gasteiger partial charge in [0.15, 0.2) is 0 Å². The Morgan fingerprint density at radius 1 is 1.17 bits per heavy atom. The van der Waals surface area contributed by atoms with E-state index in [1.54, 1.807) is 0 Å². The topological polar surface area (TPSA) is 72.1 Å². The number of hydrogen-bond donors (Lipinski definition) is 1. The molecule has 0 radical (unpaired) electrons. The summed E-state index contributed by atoms with van der Waals surface area (Å²) < 4.78 is 0. The van der Waals surface area contributed by atoms with Crippen molar-refractivity contribution in [2.24, 2.45) is 11.7 Å². The first-order valence-electron chi connectivity index (χ1n) is 8.10. The summed E-state index contributed by atoms with van der Waals surface area (Å²) in [6, 6.07) is 12.2. The van der Waals surface area contributed by atoms with Crippen LogP contribution in [0, 0.1) is 5.92 Å². The lowest BCUT2D eigenvalue weighted by Crippen LogP contribution is -2.35. The highest BCUT2D eigenvalue weighted by Crippen LogP contribution is 2.23. The van der Waals surface area contributed by atoms with Gasteiger partial charge < -0.3 is 10.6 Å². The molecule has 2 heterocycles. The number of carbonyl (C=O) groups is 1. The first-order chi connectivity index (χ1) is 11.2.